The van der Waals surface area contributed by atoms with Gasteiger partial charge in [0, 0.05) is 31.5 Å². The molecule has 0 radical (unpaired) electrons. The van der Waals surface area contributed by atoms with E-state index >= 15 is 0 Å². The van der Waals surface area contributed by atoms with Crippen molar-refractivity contribution in [3.05, 3.63) is 29.8 Å². The highest BCUT2D eigenvalue weighted by molar-refractivity contribution is 7.89. The van der Waals surface area contributed by atoms with Crippen LogP contribution in [0.2, 0.25) is 0 Å². The van der Waals surface area contributed by atoms with Crippen LogP contribution in [-0.4, -0.2) is 63.1 Å². The van der Waals surface area contributed by atoms with Gasteiger partial charge in [-0.25, -0.2) is 17.2 Å². The summed E-state index contributed by atoms with van der Waals surface area (Å²) in [5.41, 5.74) is -0.500. The third-order valence-electron chi connectivity index (χ3n) is 5.85. The van der Waals surface area contributed by atoms with Crippen molar-refractivity contribution in [2.75, 3.05) is 33.7 Å². The molecule has 1 spiro atoms. The highest BCUT2D eigenvalue weighted by Gasteiger charge is 2.64. The Bertz CT molecular complexity index is 781. The van der Waals surface area contributed by atoms with E-state index in [1.807, 2.05) is 14.1 Å². The zero-order chi connectivity index (χ0) is 18.0. The first-order valence-electron chi connectivity index (χ1n) is 8.51. The van der Waals surface area contributed by atoms with Crippen molar-refractivity contribution in [3.8, 4) is 0 Å². The van der Waals surface area contributed by atoms with Crippen molar-refractivity contribution in [3.63, 3.8) is 0 Å². The first-order valence-corrected chi connectivity index (χ1v) is 9.95. The number of halogens is 2. The molecule has 0 N–H and O–H groups in total. The number of fused-ring (bicyclic) bond motifs is 1. The lowest BCUT2D eigenvalue weighted by atomic mass is 9.73. The van der Waals surface area contributed by atoms with Crippen LogP contribution in [0.4, 0.5) is 8.78 Å². The van der Waals surface area contributed by atoms with Crippen LogP contribution in [0.15, 0.2) is 23.1 Å². The number of hydrogen-bond acceptors (Lipinski definition) is 4. The van der Waals surface area contributed by atoms with Gasteiger partial charge in [0.1, 0.15) is 11.6 Å². The van der Waals surface area contributed by atoms with Crippen molar-refractivity contribution >= 4 is 10.0 Å². The number of rotatable bonds is 4. The zero-order valence-electron chi connectivity index (χ0n) is 14.3. The molecule has 1 aromatic rings. The predicted octanol–water partition coefficient (Wildman–Crippen LogP) is 1.69. The van der Waals surface area contributed by atoms with Gasteiger partial charge in [-0.15, -0.1) is 0 Å². The van der Waals surface area contributed by atoms with Gasteiger partial charge in [-0.1, -0.05) is 6.07 Å². The van der Waals surface area contributed by atoms with Gasteiger partial charge >= 0.3 is 0 Å². The fraction of sp³-hybridized carbons (Fsp3) is 0.647. The lowest BCUT2D eigenvalue weighted by Crippen LogP contribution is -2.40. The number of sulfonamides is 1. The van der Waals surface area contributed by atoms with E-state index in [4.69, 9.17) is 4.74 Å². The zero-order valence-corrected chi connectivity index (χ0v) is 15.1. The Morgan fingerprint density at radius 3 is 2.64 bits per heavy atom. The van der Waals surface area contributed by atoms with Crippen molar-refractivity contribution in [1.29, 1.82) is 0 Å². The molecular weight excluding hydrogens is 350 g/mol. The number of ether oxygens (including phenoxy) is 1. The lowest BCUT2D eigenvalue weighted by molar-refractivity contribution is 0.00737. The molecule has 5 nitrogen and oxygen atoms in total. The van der Waals surface area contributed by atoms with E-state index in [2.05, 4.69) is 4.90 Å². The molecule has 0 saturated carbocycles. The van der Waals surface area contributed by atoms with Crippen LogP contribution in [-0.2, 0) is 14.8 Å². The van der Waals surface area contributed by atoms with Crippen molar-refractivity contribution in [2.45, 2.75) is 29.4 Å². The second-order valence-electron chi connectivity index (χ2n) is 7.64. The third kappa shape index (κ3) is 2.53. The largest absolute Gasteiger partial charge is 0.370 e. The van der Waals surface area contributed by atoms with Crippen molar-refractivity contribution in [2.24, 2.45) is 11.8 Å². The van der Waals surface area contributed by atoms with Crippen LogP contribution in [0.1, 0.15) is 12.8 Å². The van der Waals surface area contributed by atoms with Crippen LogP contribution in [0.5, 0.6) is 0 Å². The summed E-state index contributed by atoms with van der Waals surface area (Å²) in [6.07, 6.45) is 1.87. The van der Waals surface area contributed by atoms with Gasteiger partial charge in [0.05, 0.1) is 11.7 Å². The Kier molecular flexibility index (Phi) is 3.95. The summed E-state index contributed by atoms with van der Waals surface area (Å²) >= 11 is 0. The quantitative estimate of drug-likeness (QED) is 0.807. The SMILES string of the molecule is CN(C)C[C@H]1[C@H]2CN(S(=O)(=O)c3c(F)cccc3F)C[C@]23CC[C@H]1O3. The average Bonchev–Trinajstić information content (AvgIpc) is 3.16. The molecule has 4 atom stereocenters. The van der Waals surface area contributed by atoms with Crippen LogP contribution < -0.4 is 0 Å². The van der Waals surface area contributed by atoms with E-state index < -0.39 is 32.2 Å². The molecule has 3 fully saturated rings. The minimum Gasteiger partial charge on any atom is -0.370 e. The minimum atomic E-state index is -4.23. The number of hydrogen-bond donors (Lipinski definition) is 0. The van der Waals surface area contributed by atoms with E-state index in [0.29, 0.717) is 0 Å². The number of benzene rings is 1. The molecule has 0 unspecified atom stereocenters. The molecule has 8 heteroatoms. The lowest BCUT2D eigenvalue weighted by Gasteiger charge is -2.31. The molecular formula is C17H22F2N2O3S. The first kappa shape index (κ1) is 17.3. The van der Waals surface area contributed by atoms with E-state index in [-0.39, 0.29) is 31.0 Å². The Hall–Kier alpha value is -1.09. The molecule has 3 heterocycles. The summed E-state index contributed by atoms with van der Waals surface area (Å²) in [4.78, 5) is 1.22. The Labute approximate surface area is 146 Å². The summed E-state index contributed by atoms with van der Waals surface area (Å²) in [6, 6.07) is 3.11. The maximum absolute atomic E-state index is 14.0. The topological polar surface area (TPSA) is 49.9 Å². The Morgan fingerprint density at radius 1 is 1.32 bits per heavy atom. The van der Waals surface area contributed by atoms with Gasteiger partial charge in [0.2, 0.25) is 10.0 Å². The van der Waals surface area contributed by atoms with Crippen LogP contribution >= 0.6 is 0 Å². The standard InChI is InChI=1S/C17H22F2N2O3S/c1-20(2)8-11-12-9-21(10-17(12)7-6-15(11)24-17)25(22,23)16-13(18)4-3-5-14(16)19/h3-5,11-12,15H,6-10H2,1-2H3/t11-,12+,15+,17+/m0/s1. The Balaban J connectivity index is 1.66. The summed E-state index contributed by atoms with van der Waals surface area (Å²) in [6.45, 7) is 1.25. The van der Waals surface area contributed by atoms with E-state index in [1.54, 1.807) is 0 Å². The van der Waals surface area contributed by atoms with Crippen LogP contribution in [0.3, 0.4) is 0 Å². The molecule has 3 aliphatic rings. The Morgan fingerprint density at radius 2 is 2.00 bits per heavy atom. The molecule has 0 aromatic heterocycles. The average molecular weight is 372 g/mol. The number of nitrogens with zero attached hydrogens (tertiary/aromatic N) is 2. The van der Waals surface area contributed by atoms with Crippen LogP contribution in [0, 0.1) is 23.5 Å². The van der Waals surface area contributed by atoms with Crippen LogP contribution in [0.25, 0.3) is 0 Å². The summed E-state index contributed by atoms with van der Waals surface area (Å²) in [5, 5.41) is 0. The third-order valence-corrected chi connectivity index (χ3v) is 7.71. The second-order valence-corrected chi connectivity index (χ2v) is 9.52. The van der Waals surface area contributed by atoms with E-state index in [1.165, 1.54) is 10.4 Å². The molecule has 3 aliphatic heterocycles. The summed E-state index contributed by atoms with van der Waals surface area (Å²) in [7, 11) is -0.268. The van der Waals surface area contributed by atoms with Gasteiger partial charge in [0.15, 0.2) is 4.90 Å². The van der Waals surface area contributed by atoms with Gasteiger partial charge < -0.3 is 9.64 Å². The van der Waals surface area contributed by atoms with Gasteiger partial charge in [0.25, 0.3) is 0 Å². The summed E-state index contributed by atoms with van der Waals surface area (Å²) < 4.78 is 61.3. The molecule has 138 valence electrons. The predicted molar refractivity (Wildman–Crippen MR) is 87.5 cm³/mol. The maximum atomic E-state index is 14.0. The molecule has 0 aliphatic carbocycles. The second kappa shape index (κ2) is 5.70. The minimum absolute atomic E-state index is 0.0678. The van der Waals surface area contributed by atoms with E-state index in [9.17, 15) is 17.2 Å². The monoisotopic (exact) mass is 372 g/mol. The molecule has 4 rings (SSSR count). The first-order chi connectivity index (χ1) is 11.7. The van der Waals surface area contributed by atoms with E-state index in [0.717, 1.165) is 31.5 Å². The molecule has 1 aromatic carbocycles. The molecule has 3 saturated heterocycles. The van der Waals surface area contributed by atoms with Gasteiger partial charge in [-0.3, -0.25) is 0 Å². The smallest absolute Gasteiger partial charge is 0.249 e. The molecule has 2 bridgehead atoms. The highest BCUT2D eigenvalue weighted by Crippen LogP contribution is 2.55. The van der Waals surface area contributed by atoms with Gasteiger partial charge in [-0.05, 0) is 39.1 Å². The normalized spacial score (nSPS) is 34.8. The summed E-state index contributed by atoms with van der Waals surface area (Å²) in [5.74, 6) is -1.79. The highest BCUT2D eigenvalue weighted by atomic mass is 32.2. The fourth-order valence-corrected chi connectivity index (χ4v) is 6.49. The van der Waals surface area contributed by atoms with Gasteiger partial charge in [-0.2, -0.15) is 4.31 Å². The van der Waals surface area contributed by atoms with Crippen molar-refractivity contribution < 1.29 is 21.9 Å². The van der Waals surface area contributed by atoms with Crippen molar-refractivity contribution in [1.82, 2.24) is 9.21 Å². The molecule has 25 heavy (non-hydrogen) atoms. The molecule has 0 amide bonds. The maximum Gasteiger partial charge on any atom is 0.249 e. The fourth-order valence-electron chi connectivity index (χ4n) is 4.85.